The molecule has 1 atom stereocenters. The molecule has 2 heterocycles. The molecule has 0 radical (unpaired) electrons. The first-order valence-electron chi connectivity index (χ1n) is 5.52. The van der Waals surface area contributed by atoms with Crippen molar-refractivity contribution in [3.63, 3.8) is 0 Å². The van der Waals surface area contributed by atoms with Gasteiger partial charge in [-0.3, -0.25) is 9.78 Å². The van der Waals surface area contributed by atoms with E-state index in [1.807, 2.05) is 24.3 Å². The summed E-state index contributed by atoms with van der Waals surface area (Å²) >= 11 is 1.76. The minimum atomic E-state index is -0.0135. The van der Waals surface area contributed by atoms with Crippen LogP contribution in [0, 0.1) is 0 Å². The minimum Gasteiger partial charge on any atom is -0.293 e. The van der Waals surface area contributed by atoms with Crippen molar-refractivity contribution in [2.45, 2.75) is 10.8 Å². The summed E-state index contributed by atoms with van der Waals surface area (Å²) in [4.78, 5) is 17.6. The first-order chi connectivity index (χ1) is 8.36. The number of ketones is 1. The van der Waals surface area contributed by atoms with E-state index in [4.69, 9.17) is 0 Å². The highest BCUT2D eigenvalue weighted by molar-refractivity contribution is 7.99. The lowest BCUT2D eigenvalue weighted by molar-refractivity contribution is 0.0968. The van der Waals surface area contributed by atoms with Gasteiger partial charge in [-0.25, -0.2) is 0 Å². The summed E-state index contributed by atoms with van der Waals surface area (Å²) in [5.74, 6) is 1.00. The molecule has 1 unspecified atom stereocenters. The van der Waals surface area contributed by atoms with Gasteiger partial charge in [0.1, 0.15) is 0 Å². The van der Waals surface area contributed by atoms with Gasteiger partial charge in [0, 0.05) is 28.6 Å². The van der Waals surface area contributed by atoms with Crippen LogP contribution in [0.4, 0.5) is 0 Å². The average molecular weight is 241 g/mol. The normalized spacial score (nSPS) is 17.8. The zero-order valence-electron chi connectivity index (χ0n) is 9.17. The SMILES string of the molecule is O=C(c1cccnc1)C1CSc2ccccc21. The molecule has 0 aliphatic carbocycles. The average Bonchev–Trinajstić information content (AvgIpc) is 2.83. The standard InChI is InChI=1S/C14H11NOS/c16-14(10-4-3-7-15-8-10)12-9-17-13-6-2-1-5-11(12)13/h1-8,12H,9H2. The Morgan fingerprint density at radius 1 is 1.24 bits per heavy atom. The van der Waals surface area contributed by atoms with Crippen molar-refractivity contribution in [1.82, 2.24) is 4.98 Å². The van der Waals surface area contributed by atoms with Crippen LogP contribution in [0.5, 0.6) is 0 Å². The molecule has 2 nitrogen and oxygen atoms in total. The highest BCUT2D eigenvalue weighted by atomic mass is 32.2. The van der Waals surface area contributed by atoms with Crippen LogP contribution in [0.15, 0.2) is 53.7 Å². The second-order valence-corrected chi connectivity index (χ2v) is 5.07. The number of Topliss-reactive ketones (excluding diaryl/α,β-unsaturated/α-hetero) is 1. The molecular weight excluding hydrogens is 230 g/mol. The van der Waals surface area contributed by atoms with Crippen LogP contribution in [0.2, 0.25) is 0 Å². The molecule has 17 heavy (non-hydrogen) atoms. The number of hydrogen-bond acceptors (Lipinski definition) is 3. The molecule has 0 saturated carbocycles. The third-order valence-corrected chi connectivity index (χ3v) is 4.15. The molecule has 0 amide bonds. The number of aromatic nitrogens is 1. The summed E-state index contributed by atoms with van der Waals surface area (Å²) in [7, 11) is 0. The lowest BCUT2D eigenvalue weighted by Gasteiger charge is -2.08. The number of rotatable bonds is 2. The van der Waals surface area contributed by atoms with E-state index in [2.05, 4.69) is 11.1 Å². The van der Waals surface area contributed by atoms with Gasteiger partial charge in [-0.15, -0.1) is 11.8 Å². The maximum Gasteiger partial charge on any atom is 0.172 e. The first-order valence-corrected chi connectivity index (χ1v) is 6.51. The Morgan fingerprint density at radius 2 is 2.12 bits per heavy atom. The maximum atomic E-state index is 12.4. The van der Waals surface area contributed by atoms with E-state index in [9.17, 15) is 4.79 Å². The number of fused-ring (bicyclic) bond motifs is 1. The topological polar surface area (TPSA) is 30.0 Å². The molecule has 3 rings (SSSR count). The van der Waals surface area contributed by atoms with Gasteiger partial charge in [0.2, 0.25) is 0 Å². The van der Waals surface area contributed by atoms with Crippen molar-refractivity contribution >= 4 is 17.5 Å². The zero-order valence-corrected chi connectivity index (χ0v) is 9.98. The third-order valence-electron chi connectivity index (χ3n) is 2.96. The molecule has 1 aliphatic rings. The summed E-state index contributed by atoms with van der Waals surface area (Å²) in [5, 5.41) is 0. The molecule has 1 aromatic heterocycles. The third kappa shape index (κ3) is 1.87. The number of pyridine rings is 1. The number of benzene rings is 1. The van der Waals surface area contributed by atoms with Crippen LogP contribution >= 0.6 is 11.8 Å². The second-order valence-electron chi connectivity index (χ2n) is 4.01. The van der Waals surface area contributed by atoms with Crippen LogP contribution in [0.1, 0.15) is 21.8 Å². The maximum absolute atomic E-state index is 12.4. The van der Waals surface area contributed by atoms with Crippen LogP contribution in [-0.2, 0) is 0 Å². The van der Waals surface area contributed by atoms with Gasteiger partial charge in [0.25, 0.3) is 0 Å². The molecule has 84 valence electrons. The van der Waals surface area contributed by atoms with Gasteiger partial charge < -0.3 is 0 Å². The van der Waals surface area contributed by atoms with Gasteiger partial charge in [-0.1, -0.05) is 18.2 Å². The largest absolute Gasteiger partial charge is 0.293 e. The van der Waals surface area contributed by atoms with Crippen LogP contribution in [0.25, 0.3) is 0 Å². The Balaban J connectivity index is 1.95. The van der Waals surface area contributed by atoms with E-state index >= 15 is 0 Å². The van der Waals surface area contributed by atoms with E-state index < -0.39 is 0 Å². The summed E-state index contributed by atoms with van der Waals surface area (Å²) in [6.07, 6.45) is 3.34. The van der Waals surface area contributed by atoms with E-state index in [0.29, 0.717) is 5.56 Å². The Bertz CT molecular complexity index is 553. The van der Waals surface area contributed by atoms with Gasteiger partial charge in [-0.2, -0.15) is 0 Å². The van der Waals surface area contributed by atoms with Gasteiger partial charge in [0.05, 0.1) is 5.92 Å². The van der Waals surface area contributed by atoms with Crippen molar-refractivity contribution < 1.29 is 4.79 Å². The molecular formula is C14H11NOS. The van der Waals surface area contributed by atoms with E-state index in [1.165, 1.54) is 4.90 Å². The van der Waals surface area contributed by atoms with Crippen LogP contribution in [0.3, 0.4) is 0 Å². The fourth-order valence-corrected chi connectivity index (χ4v) is 3.32. The molecule has 2 aromatic rings. The first kappa shape index (κ1) is 10.5. The van der Waals surface area contributed by atoms with Crippen molar-refractivity contribution in [3.05, 3.63) is 59.9 Å². The second kappa shape index (κ2) is 4.34. The van der Waals surface area contributed by atoms with Crippen molar-refractivity contribution in [2.75, 3.05) is 5.75 Å². The number of nitrogens with zero attached hydrogens (tertiary/aromatic N) is 1. The van der Waals surface area contributed by atoms with Crippen LogP contribution < -0.4 is 0 Å². The Kier molecular flexibility index (Phi) is 2.69. The van der Waals surface area contributed by atoms with E-state index in [0.717, 1.165) is 11.3 Å². The van der Waals surface area contributed by atoms with Crippen molar-refractivity contribution in [1.29, 1.82) is 0 Å². The van der Waals surface area contributed by atoms with Crippen LogP contribution in [-0.4, -0.2) is 16.5 Å². The molecule has 0 bridgehead atoms. The molecule has 1 aromatic carbocycles. The number of hydrogen-bond donors (Lipinski definition) is 0. The predicted octanol–water partition coefficient (Wildman–Crippen LogP) is 3.15. The summed E-state index contributed by atoms with van der Waals surface area (Å²) in [6, 6.07) is 11.8. The quantitative estimate of drug-likeness (QED) is 0.756. The summed E-state index contributed by atoms with van der Waals surface area (Å²) in [5.41, 5.74) is 1.86. The molecule has 1 aliphatic heterocycles. The fourth-order valence-electron chi connectivity index (χ4n) is 2.09. The van der Waals surface area contributed by atoms with E-state index in [-0.39, 0.29) is 11.7 Å². The molecule has 0 spiro atoms. The zero-order chi connectivity index (χ0) is 11.7. The molecule has 3 heteroatoms. The Hall–Kier alpha value is -1.61. The van der Waals surface area contributed by atoms with E-state index in [1.54, 1.807) is 30.2 Å². The highest BCUT2D eigenvalue weighted by Crippen LogP contribution is 2.40. The van der Waals surface area contributed by atoms with Gasteiger partial charge in [0.15, 0.2) is 5.78 Å². The van der Waals surface area contributed by atoms with Gasteiger partial charge >= 0.3 is 0 Å². The number of carbonyl (C=O) groups is 1. The number of carbonyl (C=O) groups excluding carboxylic acids is 1. The summed E-state index contributed by atoms with van der Waals surface area (Å²) in [6.45, 7) is 0. The lowest BCUT2D eigenvalue weighted by atomic mass is 9.93. The van der Waals surface area contributed by atoms with Gasteiger partial charge in [-0.05, 0) is 23.8 Å². The molecule has 0 N–H and O–H groups in total. The molecule has 0 fully saturated rings. The number of thioether (sulfide) groups is 1. The monoisotopic (exact) mass is 241 g/mol. The Morgan fingerprint density at radius 3 is 2.94 bits per heavy atom. The molecule has 0 saturated heterocycles. The van der Waals surface area contributed by atoms with Crippen molar-refractivity contribution in [3.8, 4) is 0 Å². The van der Waals surface area contributed by atoms with Crippen molar-refractivity contribution in [2.24, 2.45) is 0 Å². The Labute approximate surface area is 104 Å². The lowest BCUT2D eigenvalue weighted by Crippen LogP contribution is -2.12. The highest BCUT2D eigenvalue weighted by Gasteiger charge is 2.29. The minimum absolute atomic E-state index is 0.0135. The predicted molar refractivity (Wildman–Crippen MR) is 68.5 cm³/mol. The summed E-state index contributed by atoms with van der Waals surface area (Å²) < 4.78 is 0. The fraction of sp³-hybridized carbons (Fsp3) is 0.143. The smallest absolute Gasteiger partial charge is 0.172 e.